The Morgan fingerprint density at radius 1 is 1.70 bits per heavy atom. The molecule has 0 saturated carbocycles. The lowest BCUT2D eigenvalue weighted by atomic mass is 9.97. The van der Waals surface area contributed by atoms with Gasteiger partial charge in [0.05, 0.1) is 0 Å². The minimum Gasteiger partial charge on any atom is -0.305 e. The summed E-state index contributed by atoms with van der Waals surface area (Å²) in [5.74, 6) is 0.481. The first kappa shape index (κ1) is 10.1. The highest BCUT2D eigenvalue weighted by Crippen LogP contribution is 2.14. The van der Waals surface area contributed by atoms with Crippen molar-refractivity contribution in [2.24, 2.45) is 5.92 Å². The monoisotopic (exact) mass is 251 g/mol. The van der Waals surface area contributed by atoms with E-state index in [4.69, 9.17) is 5.41 Å². The van der Waals surface area contributed by atoms with Crippen LogP contribution in [0.2, 0.25) is 0 Å². The molecule has 1 nitrogen and oxygen atoms in total. The number of hydrogen-bond donors (Lipinski definition) is 1. The highest BCUT2D eigenvalue weighted by atomic mass is 127. The summed E-state index contributed by atoms with van der Waals surface area (Å²) in [5, 5.41) is 7.31. The normalized spacial score (nSPS) is 12.7. The zero-order chi connectivity index (χ0) is 8.15. The van der Waals surface area contributed by atoms with E-state index in [0.717, 1.165) is 16.4 Å². The van der Waals surface area contributed by atoms with Crippen LogP contribution >= 0.6 is 22.6 Å². The molecule has 0 saturated heterocycles. The van der Waals surface area contributed by atoms with Gasteiger partial charge in [-0.3, -0.25) is 0 Å². The molecule has 0 rings (SSSR count). The summed E-state index contributed by atoms with van der Waals surface area (Å²) in [5.41, 5.74) is 1.61. The first-order valence-corrected chi connectivity index (χ1v) is 4.92. The Hall–Kier alpha value is 0.140. The van der Waals surface area contributed by atoms with Crippen molar-refractivity contribution in [2.45, 2.75) is 20.3 Å². The molecule has 0 amide bonds. The van der Waals surface area contributed by atoms with Crippen LogP contribution in [0.4, 0.5) is 0 Å². The predicted molar refractivity (Wildman–Crippen MR) is 55.2 cm³/mol. The smallest absolute Gasteiger partial charge is 0.0311 e. The molecule has 10 heavy (non-hydrogen) atoms. The maximum absolute atomic E-state index is 7.31. The van der Waals surface area contributed by atoms with Gasteiger partial charge in [0.25, 0.3) is 0 Å². The van der Waals surface area contributed by atoms with E-state index in [9.17, 15) is 0 Å². The molecule has 0 aromatic carbocycles. The molecule has 0 aromatic rings. The molecule has 0 aliphatic heterocycles. The van der Waals surface area contributed by atoms with Gasteiger partial charge in [-0.25, -0.2) is 0 Å². The van der Waals surface area contributed by atoms with Crippen molar-refractivity contribution in [1.29, 1.82) is 5.41 Å². The zero-order valence-electron chi connectivity index (χ0n) is 6.58. The third-order valence-corrected chi connectivity index (χ3v) is 2.24. The van der Waals surface area contributed by atoms with Gasteiger partial charge in [0, 0.05) is 10.1 Å². The molecule has 1 N–H and O–H groups in total. The maximum atomic E-state index is 7.31. The van der Waals surface area contributed by atoms with Gasteiger partial charge in [0.1, 0.15) is 0 Å². The first-order chi connectivity index (χ1) is 4.59. The molecule has 1 atom stereocenters. The van der Waals surface area contributed by atoms with E-state index in [1.807, 2.05) is 0 Å². The van der Waals surface area contributed by atoms with E-state index in [1.54, 1.807) is 6.92 Å². The first-order valence-electron chi connectivity index (χ1n) is 3.40. The van der Waals surface area contributed by atoms with E-state index < -0.39 is 0 Å². The van der Waals surface area contributed by atoms with Crippen molar-refractivity contribution < 1.29 is 0 Å². The topological polar surface area (TPSA) is 23.9 Å². The van der Waals surface area contributed by atoms with Crippen LogP contribution in [-0.2, 0) is 0 Å². The van der Waals surface area contributed by atoms with Crippen molar-refractivity contribution in [1.82, 2.24) is 0 Å². The molecule has 2 heteroatoms. The van der Waals surface area contributed by atoms with Crippen molar-refractivity contribution in [2.75, 3.05) is 4.43 Å². The van der Waals surface area contributed by atoms with Gasteiger partial charge in [-0.05, 0) is 24.8 Å². The van der Waals surface area contributed by atoms with Crippen LogP contribution < -0.4 is 0 Å². The Kier molecular flexibility index (Phi) is 4.95. The molecule has 0 unspecified atom stereocenters. The van der Waals surface area contributed by atoms with Crippen molar-refractivity contribution in [3.8, 4) is 0 Å². The lowest BCUT2D eigenvalue weighted by Gasteiger charge is -2.10. The van der Waals surface area contributed by atoms with E-state index in [-0.39, 0.29) is 0 Å². The molecule has 0 fully saturated rings. The minimum atomic E-state index is 0.481. The number of allylic oxidation sites excluding steroid dienone is 1. The lowest BCUT2D eigenvalue weighted by molar-refractivity contribution is 0.691. The average molecular weight is 251 g/mol. The molecule has 0 heterocycles. The fourth-order valence-electron chi connectivity index (χ4n) is 0.707. The van der Waals surface area contributed by atoms with Gasteiger partial charge in [0.15, 0.2) is 0 Å². The van der Waals surface area contributed by atoms with E-state index in [0.29, 0.717) is 11.6 Å². The second-order valence-corrected chi connectivity index (χ2v) is 3.61. The summed E-state index contributed by atoms with van der Waals surface area (Å²) in [6.45, 7) is 7.77. The van der Waals surface area contributed by atoms with Crippen LogP contribution in [0.1, 0.15) is 20.3 Å². The molecule has 0 radical (unpaired) electrons. The SMILES string of the molecule is C=C(C(C)=N)[C@H](C)CCI. The van der Waals surface area contributed by atoms with Crippen LogP contribution in [-0.4, -0.2) is 10.1 Å². The summed E-state index contributed by atoms with van der Waals surface area (Å²) >= 11 is 2.35. The third kappa shape index (κ3) is 3.34. The second kappa shape index (κ2) is 4.88. The van der Waals surface area contributed by atoms with Gasteiger partial charge in [0.2, 0.25) is 0 Å². The average Bonchev–Trinajstić information content (AvgIpc) is 1.87. The largest absolute Gasteiger partial charge is 0.305 e. The number of alkyl halides is 1. The number of hydrogen-bond acceptors (Lipinski definition) is 1. The van der Waals surface area contributed by atoms with Crippen LogP contribution in [0.3, 0.4) is 0 Å². The summed E-state index contributed by atoms with van der Waals surface area (Å²) in [4.78, 5) is 0. The summed E-state index contributed by atoms with van der Waals surface area (Å²) in [6, 6.07) is 0. The van der Waals surface area contributed by atoms with Gasteiger partial charge >= 0.3 is 0 Å². The summed E-state index contributed by atoms with van der Waals surface area (Å²) in [6.07, 6.45) is 1.13. The fraction of sp³-hybridized carbons (Fsp3) is 0.625. The maximum Gasteiger partial charge on any atom is 0.0311 e. The highest BCUT2D eigenvalue weighted by Gasteiger charge is 2.06. The van der Waals surface area contributed by atoms with Crippen LogP contribution in [0.25, 0.3) is 0 Å². The van der Waals surface area contributed by atoms with Crippen molar-refractivity contribution in [3.05, 3.63) is 12.2 Å². The van der Waals surface area contributed by atoms with Gasteiger partial charge < -0.3 is 5.41 Å². The third-order valence-electron chi connectivity index (χ3n) is 1.62. The number of rotatable bonds is 4. The Labute approximate surface area is 76.6 Å². The zero-order valence-corrected chi connectivity index (χ0v) is 8.73. The van der Waals surface area contributed by atoms with Crippen molar-refractivity contribution >= 4 is 28.3 Å². The molecule has 0 spiro atoms. The molecule has 58 valence electrons. The number of nitrogens with one attached hydrogen (secondary N) is 1. The van der Waals surface area contributed by atoms with Gasteiger partial charge in [-0.15, -0.1) is 0 Å². The van der Waals surface area contributed by atoms with Crippen LogP contribution in [0.15, 0.2) is 12.2 Å². The Morgan fingerprint density at radius 2 is 2.20 bits per heavy atom. The van der Waals surface area contributed by atoms with E-state index in [2.05, 4.69) is 36.1 Å². The van der Waals surface area contributed by atoms with E-state index >= 15 is 0 Å². The molecule has 0 aliphatic carbocycles. The fourth-order valence-corrected chi connectivity index (χ4v) is 1.64. The van der Waals surface area contributed by atoms with E-state index in [1.165, 1.54) is 0 Å². The molecule has 0 aliphatic rings. The van der Waals surface area contributed by atoms with Gasteiger partial charge in [-0.1, -0.05) is 36.1 Å². The van der Waals surface area contributed by atoms with Crippen LogP contribution in [0, 0.1) is 11.3 Å². The molecule has 0 aromatic heterocycles. The minimum absolute atomic E-state index is 0.481. The number of halogens is 1. The molecular formula is C8H14IN. The Bertz CT molecular complexity index is 140. The lowest BCUT2D eigenvalue weighted by Crippen LogP contribution is -2.05. The second-order valence-electron chi connectivity index (χ2n) is 2.53. The summed E-state index contributed by atoms with van der Waals surface area (Å²) in [7, 11) is 0. The van der Waals surface area contributed by atoms with Crippen LogP contribution in [0.5, 0.6) is 0 Å². The van der Waals surface area contributed by atoms with Crippen molar-refractivity contribution in [3.63, 3.8) is 0 Å². The molecule has 0 bridgehead atoms. The van der Waals surface area contributed by atoms with Gasteiger partial charge in [-0.2, -0.15) is 0 Å². The standard InChI is InChI=1S/C8H14IN/c1-6(4-5-9)7(2)8(3)10/h6,10H,2,4-5H2,1,3H3/t6-/m1/s1. The summed E-state index contributed by atoms with van der Waals surface area (Å²) < 4.78 is 1.14. The Morgan fingerprint density at radius 3 is 2.50 bits per heavy atom. The highest BCUT2D eigenvalue weighted by molar-refractivity contribution is 14.1. The quantitative estimate of drug-likeness (QED) is 0.451. The Balaban J connectivity index is 3.82. The predicted octanol–water partition coefficient (Wildman–Crippen LogP) is 3.04. The molecular weight excluding hydrogens is 237 g/mol.